The number of rotatable bonds is 4. The van der Waals surface area contributed by atoms with Crippen molar-refractivity contribution in [2.24, 2.45) is 0 Å². The Bertz CT molecular complexity index is 541. The van der Waals surface area contributed by atoms with E-state index in [1.165, 1.54) is 10.9 Å². The van der Waals surface area contributed by atoms with Crippen molar-refractivity contribution in [3.05, 3.63) is 11.9 Å². The molecule has 0 aliphatic carbocycles. The molecule has 1 aromatic rings. The lowest BCUT2D eigenvalue weighted by Gasteiger charge is -2.26. The molecule has 9 heteroatoms. The molecule has 1 fully saturated rings. The fourth-order valence-electron chi connectivity index (χ4n) is 2.00. The van der Waals surface area contributed by atoms with Gasteiger partial charge in [-0.3, -0.25) is 4.79 Å². The van der Waals surface area contributed by atoms with E-state index in [0.29, 0.717) is 0 Å². The second-order valence-electron chi connectivity index (χ2n) is 4.36. The van der Waals surface area contributed by atoms with Crippen LogP contribution in [0.1, 0.15) is 36.3 Å². The van der Waals surface area contributed by atoms with Gasteiger partial charge in [0.15, 0.2) is 5.69 Å². The second kappa shape index (κ2) is 5.68. The third kappa shape index (κ3) is 2.92. The molecule has 2 N–H and O–H groups in total. The summed E-state index contributed by atoms with van der Waals surface area (Å²) < 4.78 is 6.12. The molecule has 0 spiro atoms. The molecule has 1 aliphatic rings. The summed E-state index contributed by atoms with van der Waals surface area (Å²) in [7, 11) is 0. The number of esters is 1. The van der Waals surface area contributed by atoms with Crippen molar-refractivity contribution in [2.75, 3.05) is 6.61 Å². The van der Waals surface area contributed by atoms with Gasteiger partial charge in [-0.1, -0.05) is 5.21 Å². The minimum Gasteiger partial charge on any atom is -0.480 e. The van der Waals surface area contributed by atoms with Gasteiger partial charge in [-0.15, -0.1) is 5.10 Å². The average Bonchev–Trinajstić information content (AvgIpc) is 2.88. The second-order valence-corrected chi connectivity index (χ2v) is 4.36. The van der Waals surface area contributed by atoms with E-state index in [4.69, 9.17) is 9.84 Å². The number of amides is 1. The lowest BCUT2D eigenvalue weighted by atomic mass is 9.99. The Morgan fingerprint density at radius 1 is 1.60 bits per heavy atom. The van der Waals surface area contributed by atoms with Gasteiger partial charge >= 0.3 is 11.9 Å². The highest BCUT2D eigenvalue weighted by atomic mass is 16.5. The van der Waals surface area contributed by atoms with Crippen LogP contribution >= 0.6 is 0 Å². The van der Waals surface area contributed by atoms with E-state index in [1.807, 2.05) is 0 Å². The Morgan fingerprint density at radius 2 is 2.35 bits per heavy atom. The zero-order valence-corrected chi connectivity index (χ0v) is 10.8. The average molecular weight is 282 g/mol. The SMILES string of the molecule is CCOC(=O)c1cn(C2CC(=O)NC(C(=O)O)C2)nn1. The molecule has 0 radical (unpaired) electrons. The molecule has 108 valence electrons. The first kappa shape index (κ1) is 14.0. The molecular weight excluding hydrogens is 268 g/mol. The van der Waals surface area contributed by atoms with Gasteiger partial charge in [0, 0.05) is 12.8 Å². The molecule has 2 heterocycles. The first-order valence-corrected chi connectivity index (χ1v) is 6.12. The smallest absolute Gasteiger partial charge is 0.360 e. The van der Waals surface area contributed by atoms with Crippen LogP contribution in [0, 0.1) is 0 Å². The Kier molecular flexibility index (Phi) is 3.97. The van der Waals surface area contributed by atoms with Crippen LogP contribution in [0.3, 0.4) is 0 Å². The van der Waals surface area contributed by atoms with Crippen molar-refractivity contribution in [3.63, 3.8) is 0 Å². The highest BCUT2D eigenvalue weighted by Crippen LogP contribution is 2.22. The van der Waals surface area contributed by atoms with Crippen LogP contribution < -0.4 is 5.32 Å². The molecule has 2 rings (SSSR count). The van der Waals surface area contributed by atoms with Crippen LogP contribution in [0.25, 0.3) is 0 Å². The van der Waals surface area contributed by atoms with Crippen LogP contribution in [0.15, 0.2) is 6.20 Å². The molecule has 20 heavy (non-hydrogen) atoms. The van der Waals surface area contributed by atoms with Gasteiger partial charge in [0.05, 0.1) is 18.8 Å². The fourth-order valence-corrected chi connectivity index (χ4v) is 2.00. The lowest BCUT2D eigenvalue weighted by molar-refractivity contribution is -0.144. The molecule has 1 saturated heterocycles. The van der Waals surface area contributed by atoms with Crippen molar-refractivity contribution < 1.29 is 24.2 Å². The van der Waals surface area contributed by atoms with Crippen LogP contribution in [-0.2, 0) is 14.3 Å². The number of carbonyl (C=O) groups is 3. The summed E-state index contributed by atoms with van der Waals surface area (Å²) in [5, 5.41) is 18.8. The van der Waals surface area contributed by atoms with Crippen LogP contribution in [0.5, 0.6) is 0 Å². The number of carbonyl (C=O) groups excluding carboxylic acids is 2. The highest BCUT2D eigenvalue weighted by Gasteiger charge is 2.32. The number of nitrogens with zero attached hydrogens (tertiary/aromatic N) is 3. The predicted molar refractivity (Wildman–Crippen MR) is 63.8 cm³/mol. The molecule has 2 unspecified atom stereocenters. The number of piperidine rings is 1. The number of aromatic nitrogens is 3. The number of carboxylic acids is 1. The van der Waals surface area contributed by atoms with Crippen LogP contribution in [0.2, 0.25) is 0 Å². The molecule has 1 aliphatic heterocycles. The summed E-state index contributed by atoms with van der Waals surface area (Å²) in [4.78, 5) is 33.9. The topological polar surface area (TPSA) is 123 Å². The Hall–Kier alpha value is -2.45. The summed E-state index contributed by atoms with van der Waals surface area (Å²) in [6.07, 6.45) is 1.64. The van der Waals surface area contributed by atoms with E-state index in [9.17, 15) is 14.4 Å². The number of ether oxygens (including phenoxy) is 1. The largest absolute Gasteiger partial charge is 0.480 e. The number of aliphatic carboxylic acids is 1. The maximum atomic E-state index is 11.5. The van der Waals surface area contributed by atoms with Crippen LogP contribution in [-0.4, -0.2) is 50.6 Å². The summed E-state index contributed by atoms with van der Waals surface area (Å²) in [6.45, 7) is 1.89. The number of hydrogen-bond donors (Lipinski definition) is 2. The lowest BCUT2D eigenvalue weighted by Crippen LogP contribution is -2.47. The van der Waals surface area contributed by atoms with E-state index < -0.39 is 24.0 Å². The third-order valence-electron chi connectivity index (χ3n) is 2.93. The third-order valence-corrected chi connectivity index (χ3v) is 2.93. The molecule has 9 nitrogen and oxygen atoms in total. The Labute approximate surface area is 113 Å². The minimum atomic E-state index is -1.10. The molecular formula is C11H14N4O5. The van der Waals surface area contributed by atoms with Crippen molar-refractivity contribution in [1.82, 2.24) is 20.3 Å². The molecule has 0 saturated carbocycles. The summed E-state index contributed by atoms with van der Waals surface area (Å²) in [5.74, 6) is -2.08. The summed E-state index contributed by atoms with van der Waals surface area (Å²) in [6, 6.07) is -1.41. The molecule has 0 aromatic carbocycles. The van der Waals surface area contributed by atoms with Gasteiger partial charge in [0.1, 0.15) is 6.04 Å². The number of nitrogens with one attached hydrogen (secondary N) is 1. The standard InChI is InChI=1S/C11H14N4O5/c1-2-20-11(19)8-5-15(14-13-8)6-3-7(10(17)18)12-9(16)4-6/h5-7H,2-4H2,1H3,(H,12,16)(H,17,18). The number of hydrogen-bond acceptors (Lipinski definition) is 6. The first-order chi connectivity index (χ1) is 9.51. The van der Waals surface area contributed by atoms with Crippen molar-refractivity contribution in [3.8, 4) is 0 Å². The van der Waals surface area contributed by atoms with E-state index in [0.717, 1.165) is 0 Å². The van der Waals surface area contributed by atoms with E-state index in [1.54, 1.807) is 6.92 Å². The van der Waals surface area contributed by atoms with Gasteiger partial charge in [0.25, 0.3) is 0 Å². The summed E-state index contributed by atoms with van der Waals surface area (Å²) in [5.41, 5.74) is 0.0321. The van der Waals surface area contributed by atoms with Crippen molar-refractivity contribution in [2.45, 2.75) is 31.8 Å². The predicted octanol–water partition coefficient (Wildman–Crippen LogP) is -0.641. The summed E-state index contributed by atoms with van der Waals surface area (Å²) >= 11 is 0. The Balaban J connectivity index is 2.12. The van der Waals surface area contributed by atoms with Gasteiger partial charge in [-0.2, -0.15) is 0 Å². The van der Waals surface area contributed by atoms with Crippen LogP contribution in [0.4, 0.5) is 0 Å². The molecule has 1 aromatic heterocycles. The number of carboxylic acid groups (broad SMARTS) is 1. The van der Waals surface area contributed by atoms with Gasteiger partial charge in [-0.05, 0) is 6.92 Å². The zero-order valence-electron chi connectivity index (χ0n) is 10.8. The van der Waals surface area contributed by atoms with Gasteiger partial charge < -0.3 is 15.2 Å². The van der Waals surface area contributed by atoms with E-state index in [2.05, 4.69) is 15.6 Å². The molecule has 2 atom stereocenters. The van der Waals surface area contributed by atoms with E-state index >= 15 is 0 Å². The van der Waals surface area contributed by atoms with E-state index in [-0.39, 0.29) is 31.0 Å². The normalized spacial score (nSPS) is 22.1. The minimum absolute atomic E-state index is 0.0321. The highest BCUT2D eigenvalue weighted by molar-refractivity contribution is 5.87. The van der Waals surface area contributed by atoms with Gasteiger partial charge in [-0.25, -0.2) is 14.3 Å². The fraction of sp³-hybridized carbons (Fsp3) is 0.545. The maximum absolute atomic E-state index is 11.5. The quantitative estimate of drug-likeness (QED) is 0.704. The monoisotopic (exact) mass is 282 g/mol. The van der Waals surface area contributed by atoms with Crippen molar-refractivity contribution >= 4 is 17.8 Å². The van der Waals surface area contributed by atoms with Gasteiger partial charge in [0.2, 0.25) is 5.91 Å². The maximum Gasteiger partial charge on any atom is 0.360 e. The molecule has 0 bridgehead atoms. The van der Waals surface area contributed by atoms with Crippen molar-refractivity contribution in [1.29, 1.82) is 0 Å². The zero-order chi connectivity index (χ0) is 14.7. The Morgan fingerprint density at radius 3 is 3.00 bits per heavy atom. The first-order valence-electron chi connectivity index (χ1n) is 6.12. The molecule has 1 amide bonds.